The number of aromatic nitrogens is 3. The molecule has 4 rings (SSSR count). The van der Waals surface area contributed by atoms with Crippen LogP contribution >= 0.6 is 0 Å². The first kappa shape index (κ1) is 15.8. The molecule has 0 aliphatic heterocycles. The highest BCUT2D eigenvalue weighted by atomic mass is 16.5. The molecule has 0 saturated carbocycles. The lowest BCUT2D eigenvalue weighted by molar-refractivity contribution is 0.102. The highest BCUT2D eigenvalue weighted by Gasteiger charge is 2.11. The predicted molar refractivity (Wildman–Crippen MR) is 98.5 cm³/mol. The Kier molecular flexibility index (Phi) is 4.03. The van der Waals surface area contributed by atoms with Gasteiger partial charge in [-0.15, -0.1) is 0 Å². The second-order valence-corrected chi connectivity index (χ2v) is 5.74. The Bertz CT molecular complexity index is 1080. The van der Waals surface area contributed by atoms with E-state index >= 15 is 0 Å². The quantitative estimate of drug-likeness (QED) is 0.582. The van der Waals surface area contributed by atoms with E-state index in [0.717, 1.165) is 16.6 Å². The Morgan fingerprint density at radius 1 is 1.12 bits per heavy atom. The summed E-state index contributed by atoms with van der Waals surface area (Å²) in [5, 5.41) is 10.7. The molecule has 1 amide bonds. The third-order valence-electron chi connectivity index (χ3n) is 3.78. The normalized spacial score (nSPS) is 10.7. The molecule has 128 valence electrons. The van der Waals surface area contributed by atoms with Gasteiger partial charge in [-0.25, -0.2) is 0 Å². The maximum Gasteiger partial charge on any atom is 0.258 e. The number of carbonyl (C=O) groups is 1. The van der Waals surface area contributed by atoms with Gasteiger partial charge in [-0.1, -0.05) is 23.4 Å². The number of hydrogen-bond acceptors (Lipinski definition) is 6. The van der Waals surface area contributed by atoms with Crippen LogP contribution in [0.3, 0.4) is 0 Å². The van der Waals surface area contributed by atoms with Crippen molar-refractivity contribution in [3.05, 3.63) is 72.4 Å². The molecule has 0 aliphatic rings. The van der Waals surface area contributed by atoms with Crippen molar-refractivity contribution in [3.63, 3.8) is 0 Å². The van der Waals surface area contributed by atoms with Crippen LogP contribution in [-0.4, -0.2) is 21.0 Å². The van der Waals surface area contributed by atoms with Crippen molar-refractivity contribution >= 4 is 34.0 Å². The van der Waals surface area contributed by atoms with Crippen molar-refractivity contribution < 1.29 is 9.32 Å². The van der Waals surface area contributed by atoms with Crippen molar-refractivity contribution in [2.45, 2.75) is 6.92 Å². The molecular formula is C19H15N5O2. The number of rotatable bonds is 4. The van der Waals surface area contributed by atoms with Crippen LogP contribution in [-0.2, 0) is 0 Å². The lowest BCUT2D eigenvalue weighted by Crippen LogP contribution is -2.12. The van der Waals surface area contributed by atoms with Gasteiger partial charge in [0, 0.05) is 23.8 Å². The molecule has 3 heterocycles. The summed E-state index contributed by atoms with van der Waals surface area (Å²) in [6, 6.07) is 13.1. The maximum atomic E-state index is 12.4. The summed E-state index contributed by atoms with van der Waals surface area (Å²) in [5.41, 5.74) is 2.79. The van der Waals surface area contributed by atoms with Crippen molar-refractivity contribution in [1.82, 2.24) is 15.1 Å². The van der Waals surface area contributed by atoms with E-state index < -0.39 is 0 Å². The number of para-hydroxylation sites is 1. The minimum absolute atomic E-state index is 0.314. The number of carbonyl (C=O) groups excluding carboxylic acids is 1. The van der Waals surface area contributed by atoms with Crippen LogP contribution in [0.5, 0.6) is 0 Å². The van der Waals surface area contributed by atoms with Crippen LogP contribution in [0.2, 0.25) is 0 Å². The third-order valence-corrected chi connectivity index (χ3v) is 3.78. The molecule has 4 aromatic rings. The first-order valence-corrected chi connectivity index (χ1v) is 7.99. The minimum Gasteiger partial charge on any atom is -0.360 e. The van der Waals surface area contributed by atoms with Gasteiger partial charge in [0.25, 0.3) is 5.91 Å². The number of aryl methyl sites for hydroxylation is 1. The number of anilines is 3. The first-order valence-electron chi connectivity index (χ1n) is 7.99. The zero-order valence-electron chi connectivity index (χ0n) is 13.9. The number of nitrogens with zero attached hydrogens (tertiary/aromatic N) is 3. The molecule has 0 bridgehead atoms. The topological polar surface area (TPSA) is 92.9 Å². The van der Waals surface area contributed by atoms with E-state index in [-0.39, 0.29) is 5.91 Å². The van der Waals surface area contributed by atoms with Gasteiger partial charge in [-0.3, -0.25) is 14.8 Å². The monoisotopic (exact) mass is 345 g/mol. The maximum absolute atomic E-state index is 12.4. The zero-order chi connectivity index (χ0) is 17.9. The van der Waals surface area contributed by atoms with Gasteiger partial charge in [0.15, 0.2) is 5.82 Å². The molecule has 3 aromatic heterocycles. The summed E-state index contributed by atoms with van der Waals surface area (Å²) in [6.07, 6.45) is 4.89. The molecule has 7 heteroatoms. The Morgan fingerprint density at radius 2 is 2.00 bits per heavy atom. The number of fused-ring (bicyclic) bond motifs is 1. The zero-order valence-corrected chi connectivity index (χ0v) is 13.9. The van der Waals surface area contributed by atoms with Gasteiger partial charge in [0.1, 0.15) is 5.76 Å². The third kappa shape index (κ3) is 3.23. The van der Waals surface area contributed by atoms with E-state index in [1.54, 1.807) is 31.5 Å². The summed E-state index contributed by atoms with van der Waals surface area (Å²) < 4.78 is 4.95. The number of hydrogen-bond donors (Lipinski definition) is 2. The smallest absolute Gasteiger partial charge is 0.258 e. The highest BCUT2D eigenvalue weighted by Crippen LogP contribution is 2.24. The Balaban J connectivity index is 1.58. The summed E-state index contributed by atoms with van der Waals surface area (Å²) in [6.45, 7) is 1.76. The van der Waals surface area contributed by atoms with Gasteiger partial charge < -0.3 is 15.2 Å². The number of pyridine rings is 2. The molecule has 0 radical (unpaired) electrons. The molecule has 1 aromatic carbocycles. The SMILES string of the molecule is Cc1cc(NC(=O)c2cncc(Nc3cccc4cccnc34)c2)no1. The van der Waals surface area contributed by atoms with Crippen LogP contribution in [0.15, 0.2) is 65.6 Å². The largest absolute Gasteiger partial charge is 0.360 e. The second kappa shape index (κ2) is 6.64. The van der Waals surface area contributed by atoms with Crippen LogP contribution in [0.25, 0.3) is 10.9 Å². The number of nitrogens with one attached hydrogen (secondary N) is 2. The molecule has 0 atom stereocenters. The fourth-order valence-electron chi connectivity index (χ4n) is 2.61. The van der Waals surface area contributed by atoms with Crippen LogP contribution in [0, 0.1) is 6.92 Å². The fourth-order valence-corrected chi connectivity index (χ4v) is 2.61. The van der Waals surface area contributed by atoms with E-state index in [1.807, 2.05) is 30.3 Å². The van der Waals surface area contributed by atoms with Crippen molar-refractivity contribution in [3.8, 4) is 0 Å². The van der Waals surface area contributed by atoms with Gasteiger partial charge in [0.2, 0.25) is 0 Å². The predicted octanol–water partition coefficient (Wildman–Crippen LogP) is 3.92. The summed E-state index contributed by atoms with van der Waals surface area (Å²) in [5.74, 6) is 0.673. The molecular weight excluding hydrogens is 330 g/mol. The molecule has 26 heavy (non-hydrogen) atoms. The van der Waals surface area contributed by atoms with Crippen LogP contribution in [0.1, 0.15) is 16.1 Å². The lowest BCUT2D eigenvalue weighted by Gasteiger charge is -2.10. The number of amides is 1. The fraction of sp³-hybridized carbons (Fsp3) is 0.0526. The van der Waals surface area contributed by atoms with Crippen molar-refractivity contribution in [1.29, 1.82) is 0 Å². The average molecular weight is 345 g/mol. The summed E-state index contributed by atoms with van der Waals surface area (Å²) in [7, 11) is 0. The summed E-state index contributed by atoms with van der Waals surface area (Å²) >= 11 is 0. The summed E-state index contributed by atoms with van der Waals surface area (Å²) in [4.78, 5) is 20.9. The number of benzene rings is 1. The molecule has 0 aliphatic carbocycles. The van der Waals surface area contributed by atoms with Crippen LogP contribution in [0.4, 0.5) is 17.2 Å². The van der Waals surface area contributed by atoms with E-state index in [9.17, 15) is 4.79 Å². The van der Waals surface area contributed by atoms with Crippen molar-refractivity contribution in [2.75, 3.05) is 10.6 Å². The van der Waals surface area contributed by atoms with E-state index in [4.69, 9.17) is 4.52 Å². The van der Waals surface area contributed by atoms with Gasteiger partial charge in [0.05, 0.1) is 28.7 Å². The average Bonchev–Trinajstić information content (AvgIpc) is 3.07. The Labute approximate surface area is 149 Å². The van der Waals surface area contributed by atoms with Gasteiger partial charge >= 0.3 is 0 Å². The van der Waals surface area contributed by atoms with Gasteiger partial charge in [-0.2, -0.15) is 0 Å². The standard InChI is InChI=1S/C19H15N5O2/c1-12-8-17(24-26-12)23-19(25)14-9-15(11-20-10-14)22-16-6-2-4-13-5-3-7-21-18(13)16/h2-11,22H,1H3,(H,23,24,25). The Morgan fingerprint density at radius 3 is 2.85 bits per heavy atom. The highest BCUT2D eigenvalue weighted by molar-refractivity contribution is 6.04. The molecule has 0 fully saturated rings. The Hall–Kier alpha value is -3.74. The van der Waals surface area contributed by atoms with Crippen molar-refractivity contribution in [2.24, 2.45) is 0 Å². The van der Waals surface area contributed by atoms with E-state index in [0.29, 0.717) is 22.8 Å². The molecule has 7 nitrogen and oxygen atoms in total. The lowest BCUT2D eigenvalue weighted by atomic mass is 10.2. The minimum atomic E-state index is -0.314. The second-order valence-electron chi connectivity index (χ2n) is 5.74. The molecule has 0 unspecified atom stereocenters. The first-order chi connectivity index (χ1) is 12.7. The van der Waals surface area contributed by atoms with Gasteiger partial charge in [-0.05, 0) is 25.1 Å². The molecule has 0 saturated heterocycles. The molecule has 2 N–H and O–H groups in total. The molecule has 0 spiro atoms. The van der Waals surface area contributed by atoms with E-state index in [2.05, 4.69) is 25.8 Å². The van der Waals surface area contributed by atoms with E-state index in [1.165, 1.54) is 6.20 Å². The van der Waals surface area contributed by atoms with Crippen LogP contribution < -0.4 is 10.6 Å².